The summed E-state index contributed by atoms with van der Waals surface area (Å²) in [6.45, 7) is 0.696. The lowest BCUT2D eigenvalue weighted by Crippen LogP contribution is -2.43. The highest BCUT2D eigenvalue weighted by atomic mass is 16.5. The van der Waals surface area contributed by atoms with Gasteiger partial charge in [0.1, 0.15) is 6.04 Å². The molecule has 5 heteroatoms. The summed E-state index contributed by atoms with van der Waals surface area (Å²) in [7, 11) is 5.48. The maximum absolute atomic E-state index is 11.6. The topological polar surface area (TPSA) is 67.6 Å². The molecule has 0 fully saturated rings. The standard InChI is InChI=1S/C13H21N3O2/c1-16(2)11-6-4-5-10(7-11)8-15-13(17)12(14)9-18-3/h4-7,12H,8-9,14H2,1-3H3,(H,15,17). The Hall–Kier alpha value is -1.59. The van der Waals surface area contributed by atoms with Crippen LogP contribution in [0.3, 0.4) is 0 Å². The Labute approximate surface area is 108 Å². The van der Waals surface area contributed by atoms with Crippen molar-refractivity contribution in [1.29, 1.82) is 0 Å². The molecule has 0 aromatic heterocycles. The number of carbonyl (C=O) groups is 1. The minimum atomic E-state index is -0.618. The molecule has 1 aromatic rings. The monoisotopic (exact) mass is 251 g/mol. The lowest BCUT2D eigenvalue weighted by Gasteiger charge is -2.15. The Bertz CT molecular complexity index is 394. The van der Waals surface area contributed by atoms with E-state index in [0.717, 1.165) is 11.3 Å². The third-order valence-corrected chi connectivity index (χ3v) is 2.58. The summed E-state index contributed by atoms with van der Waals surface area (Å²) in [5, 5.41) is 2.79. The van der Waals surface area contributed by atoms with Crippen LogP contribution in [0.15, 0.2) is 24.3 Å². The predicted octanol–water partition coefficient (Wildman–Crippen LogP) is 0.343. The highest BCUT2D eigenvalue weighted by Gasteiger charge is 2.12. The van der Waals surface area contributed by atoms with Crippen LogP contribution in [0, 0.1) is 0 Å². The average molecular weight is 251 g/mol. The van der Waals surface area contributed by atoms with E-state index in [-0.39, 0.29) is 12.5 Å². The van der Waals surface area contributed by atoms with Gasteiger partial charge in [-0.2, -0.15) is 0 Å². The van der Waals surface area contributed by atoms with Crippen LogP contribution in [0.5, 0.6) is 0 Å². The molecule has 0 heterocycles. The van der Waals surface area contributed by atoms with Crippen molar-refractivity contribution in [3.63, 3.8) is 0 Å². The van der Waals surface area contributed by atoms with Crippen molar-refractivity contribution in [2.24, 2.45) is 5.73 Å². The number of methoxy groups -OCH3 is 1. The Kier molecular flexibility index (Phi) is 5.61. The molecule has 1 amide bonds. The maximum atomic E-state index is 11.6. The van der Waals surface area contributed by atoms with Gasteiger partial charge in [-0.1, -0.05) is 12.1 Å². The van der Waals surface area contributed by atoms with Gasteiger partial charge in [0.05, 0.1) is 6.61 Å². The number of benzene rings is 1. The van der Waals surface area contributed by atoms with Gasteiger partial charge in [0.25, 0.3) is 0 Å². The van der Waals surface area contributed by atoms with Crippen LogP contribution < -0.4 is 16.0 Å². The fourth-order valence-corrected chi connectivity index (χ4v) is 1.52. The molecular weight excluding hydrogens is 230 g/mol. The summed E-state index contributed by atoms with van der Waals surface area (Å²) in [4.78, 5) is 13.6. The number of ether oxygens (including phenoxy) is 1. The Balaban J connectivity index is 2.53. The second-order valence-electron chi connectivity index (χ2n) is 4.34. The van der Waals surface area contributed by atoms with Crippen molar-refractivity contribution in [2.75, 3.05) is 32.7 Å². The highest BCUT2D eigenvalue weighted by Crippen LogP contribution is 2.12. The van der Waals surface area contributed by atoms with Gasteiger partial charge in [0, 0.05) is 33.4 Å². The van der Waals surface area contributed by atoms with E-state index in [0.29, 0.717) is 6.54 Å². The summed E-state index contributed by atoms with van der Waals surface area (Å²) < 4.78 is 4.83. The Morgan fingerprint density at radius 3 is 2.83 bits per heavy atom. The molecule has 0 aliphatic heterocycles. The summed E-state index contributed by atoms with van der Waals surface area (Å²) >= 11 is 0. The minimum absolute atomic E-state index is 0.202. The van der Waals surface area contributed by atoms with Gasteiger partial charge in [0.2, 0.25) is 5.91 Å². The number of anilines is 1. The number of nitrogens with one attached hydrogen (secondary N) is 1. The van der Waals surface area contributed by atoms with Crippen molar-refractivity contribution in [1.82, 2.24) is 5.32 Å². The van der Waals surface area contributed by atoms with Crippen LogP contribution in [-0.4, -0.2) is 39.8 Å². The quantitative estimate of drug-likeness (QED) is 0.765. The number of hydrogen-bond acceptors (Lipinski definition) is 4. The molecule has 100 valence electrons. The van der Waals surface area contributed by atoms with E-state index in [1.807, 2.05) is 43.3 Å². The number of nitrogens with zero attached hydrogens (tertiary/aromatic N) is 1. The van der Waals surface area contributed by atoms with Crippen LogP contribution in [0.4, 0.5) is 5.69 Å². The summed E-state index contributed by atoms with van der Waals surface area (Å²) in [5.74, 6) is -0.202. The first-order chi connectivity index (χ1) is 8.54. The minimum Gasteiger partial charge on any atom is -0.383 e. The summed E-state index contributed by atoms with van der Waals surface area (Å²) in [6.07, 6.45) is 0. The van der Waals surface area contributed by atoms with Gasteiger partial charge >= 0.3 is 0 Å². The molecule has 18 heavy (non-hydrogen) atoms. The smallest absolute Gasteiger partial charge is 0.239 e. The molecule has 1 rings (SSSR count). The van der Waals surface area contributed by atoms with Gasteiger partial charge in [0.15, 0.2) is 0 Å². The van der Waals surface area contributed by atoms with Crippen molar-refractivity contribution in [3.8, 4) is 0 Å². The third-order valence-electron chi connectivity index (χ3n) is 2.58. The molecule has 0 aliphatic rings. The number of carbonyl (C=O) groups excluding carboxylic acids is 1. The highest BCUT2D eigenvalue weighted by molar-refractivity contribution is 5.81. The SMILES string of the molecule is COCC(N)C(=O)NCc1cccc(N(C)C)c1. The van der Waals surface area contributed by atoms with E-state index in [4.69, 9.17) is 10.5 Å². The predicted molar refractivity (Wildman–Crippen MR) is 72.5 cm³/mol. The number of hydrogen-bond donors (Lipinski definition) is 2. The normalized spacial score (nSPS) is 12.0. The van der Waals surface area contributed by atoms with Crippen LogP contribution >= 0.6 is 0 Å². The first-order valence-corrected chi connectivity index (χ1v) is 5.83. The van der Waals surface area contributed by atoms with Crippen molar-refractivity contribution < 1.29 is 9.53 Å². The van der Waals surface area contributed by atoms with Gasteiger partial charge in [-0.05, 0) is 17.7 Å². The fourth-order valence-electron chi connectivity index (χ4n) is 1.52. The molecule has 0 saturated heterocycles. The average Bonchev–Trinajstić information content (AvgIpc) is 2.36. The first-order valence-electron chi connectivity index (χ1n) is 5.83. The number of rotatable bonds is 6. The molecule has 1 atom stereocenters. The maximum Gasteiger partial charge on any atom is 0.239 e. The summed E-state index contributed by atoms with van der Waals surface area (Å²) in [5.41, 5.74) is 7.77. The third kappa shape index (κ3) is 4.35. The molecule has 0 aliphatic carbocycles. The van der Waals surface area contributed by atoms with Gasteiger partial charge in [-0.3, -0.25) is 4.79 Å². The van der Waals surface area contributed by atoms with E-state index in [1.165, 1.54) is 7.11 Å². The number of amides is 1. The number of nitrogens with two attached hydrogens (primary N) is 1. The van der Waals surface area contributed by atoms with Crippen LogP contribution in [0.2, 0.25) is 0 Å². The molecule has 1 aromatic carbocycles. The molecule has 0 radical (unpaired) electrons. The lowest BCUT2D eigenvalue weighted by atomic mass is 10.2. The summed E-state index contributed by atoms with van der Waals surface area (Å²) in [6, 6.07) is 7.36. The van der Waals surface area contributed by atoms with E-state index < -0.39 is 6.04 Å². The lowest BCUT2D eigenvalue weighted by molar-refractivity contribution is -0.123. The zero-order chi connectivity index (χ0) is 13.5. The van der Waals surface area contributed by atoms with Gasteiger partial charge < -0.3 is 20.7 Å². The Morgan fingerprint density at radius 1 is 1.50 bits per heavy atom. The molecule has 1 unspecified atom stereocenters. The Morgan fingerprint density at radius 2 is 2.22 bits per heavy atom. The van der Waals surface area contributed by atoms with Gasteiger partial charge in [-0.25, -0.2) is 0 Å². The van der Waals surface area contributed by atoms with E-state index in [2.05, 4.69) is 5.32 Å². The van der Waals surface area contributed by atoms with Crippen molar-refractivity contribution in [2.45, 2.75) is 12.6 Å². The van der Waals surface area contributed by atoms with Crippen LogP contribution in [0.1, 0.15) is 5.56 Å². The molecular formula is C13H21N3O2. The second-order valence-corrected chi connectivity index (χ2v) is 4.34. The largest absolute Gasteiger partial charge is 0.383 e. The molecule has 0 saturated carbocycles. The van der Waals surface area contributed by atoms with E-state index in [9.17, 15) is 4.79 Å². The van der Waals surface area contributed by atoms with Crippen LogP contribution in [-0.2, 0) is 16.1 Å². The second kappa shape index (κ2) is 6.98. The molecule has 3 N–H and O–H groups in total. The molecule has 0 spiro atoms. The first kappa shape index (κ1) is 14.5. The van der Waals surface area contributed by atoms with E-state index >= 15 is 0 Å². The zero-order valence-corrected chi connectivity index (χ0v) is 11.1. The zero-order valence-electron chi connectivity index (χ0n) is 11.1. The van der Waals surface area contributed by atoms with E-state index in [1.54, 1.807) is 0 Å². The molecule has 0 bridgehead atoms. The van der Waals surface area contributed by atoms with Gasteiger partial charge in [-0.15, -0.1) is 0 Å². The van der Waals surface area contributed by atoms with Crippen molar-refractivity contribution in [3.05, 3.63) is 29.8 Å². The molecule has 5 nitrogen and oxygen atoms in total. The van der Waals surface area contributed by atoms with Crippen molar-refractivity contribution >= 4 is 11.6 Å². The van der Waals surface area contributed by atoms with Crippen LogP contribution in [0.25, 0.3) is 0 Å². The fraction of sp³-hybridized carbons (Fsp3) is 0.462.